The number of oxime groups is 1. The van der Waals surface area contributed by atoms with Crippen LogP contribution in [0.1, 0.15) is 30.6 Å². The molecule has 15 heavy (non-hydrogen) atoms. The summed E-state index contributed by atoms with van der Waals surface area (Å²) >= 11 is 0. The molecule has 3 nitrogen and oxygen atoms in total. The molecule has 0 saturated heterocycles. The van der Waals surface area contributed by atoms with E-state index in [1.807, 2.05) is 19.1 Å². The predicted octanol–water partition coefficient (Wildman–Crippen LogP) is 2.84. The van der Waals surface area contributed by atoms with Crippen LogP contribution >= 0.6 is 0 Å². The van der Waals surface area contributed by atoms with Crippen LogP contribution < -0.4 is 4.74 Å². The zero-order valence-electron chi connectivity index (χ0n) is 9.28. The number of methoxy groups -OCH3 is 1. The van der Waals surface area contributed by atoms with E-state index < -0.39 is 0 Å². The summed E-state index contributed by atoms with van der Waals surface area (Å²) in [5, 5.41) is 3.97. The molecule has 0 spiro atoms. The molecular formula is C12H15NO2. The minimum atomic E-state index is 0.0150. The molecule has 1 unspecified atom stereocenters. The third-order valence-corrected chi connectivity index (χ3v) is 2.64. The van der Waals surface area contributed by atoms with Crippen molar-refractivity contribution in [1.82, 2.24) is 0 Å². The maximum Gasteiger partial charge on any atom is 0.161 e. The first-order chi connectivity index (χ1) is 7.22. The van der Waals surface area contributed by atoms with Crippen LogP contribution in [0.15, 0.2) is 23.4 Å². The first-order valence-electron chi connectivity index (χ1n) is 5.05. The molecule has 0 bridgehead atoms. The number of rotatable bonds is 2. The molecule has 0 fully saturated rings. The Balaban J connectivity index is 2.35. The summed E-state index contributed by atoms with van der Waals surface area (Å²) in [4.78, 5) is 5.38. The largest absolute Gasteiger partial charge is 0.496 e. The van der Waals surface area contributed by atoms with E-state index in [0.29, 0.717) is 0 Å². The van der Waals surface area contributed by atoms with Crippen molar-refractivity contribution in [2.24, 2.45) is 5.16 Å². The number of benzene rings is 1. The van der Waals surface area contributed by atoms with Crippen molar-refractivity contribution in [2.75, 3.05) is 7.11 Å². The zero-order valence-corrected chi connectivity index (χ0v) is 9.28. The van der Waals surface area contributed by atoms with Gasteiger partial charge in [0.2, 0.25) is 0 Å². The molecule has 1 aliphatic rings. The van der Waals surface area contributed by atoms with Crippen molar-refractivity contribution in [3.05, 3.63) is 29.3 Å². The van der Waals surface area contributed by atoms with Crippen molar-refractivity contribution < 1.29 is 9.57 Å². The first-order valence-corrected chi connectivity index (χ1v) is 5.05. The Bertz CT molecular complexity index is 399. The lowest BCUT2D eigenvalue weighted by atomic mass is 9.99. The Morgan fingerprint density at radius 2 is 2.20 bits per heavy atom. The molecule has 0 aromatic heterocycles. The number of aryl methyl sites for hydroxylation is 1. The fraction of sp³-hybridized carbons (Fsp3) is 0.417. The second kappa shape index (κ2) is 3.93. The number of nitrogens with zero attached hydrogens (tertiary/aromatic N) is 1. The molecule has 2 rings (SSSR count). The smallest absolute Gasteiger partial charge is 0.161 e. The summed E-state index contributed by atoms with van der Waals surface area (Å²) in [6.07, 6.45) is 0.863. The maximum atomic E-state index is 5.38. The second-order valence-electron chi connectivity index (χ2n) is 3.82. The summed E-state index contributed by atoms with van der Waals surface area (Å²) in [5.74, 6) is 0.880. The summed E-state index contributed by atoms with van der Waals surface area (Å²) in [6, 6.07) is 6.01. The van der Waals surface area contributed by atoms with E-state index in [2.05, 4.69) is 18.1 Å². The van der Waals surface area contributed by atoms with Crippen LogP contribution in [0.3, 0.4) is 0 Å². The van der Waals surface area contributed by atoms with Crippen molar-refractivity contribution >= 4 is 5.71 Å². The van der Waals surface area contributed by atoms with Crippen LogP contribution in [0, 0.1) is 6.92 Å². The van der Waals surface area contributed by atoms with Crippen LogP contribution in [0.4, 0.5) is 0 Å². The van der Waals surface area contributed by atoms with E-state index in [1.54, 1.807) is 7.11 Å². The molecule has 0 aliphatic carbocycles. The summed E-state index contributed by atoms with van der Waals surface area (Å²) < 4.78 is 5.34. The van der Waals surface area contributed by atoms with Gasteiger partial charge in [-0.1, -0.05) is 17.3 Å². The molecule has 1 aromatic carbocycles. The summed E-state index contributed by atoms with van der Waals surface area (Å²) in [6.45, 7) is 4.04. The molecule has 1 heterocycles. The Kier molecular flexibility index (Phi) is 2.62. The van der Waals surface area contributed by atoms with Crippen molar-refractivity contribution in [1.29, 1.82) is 0 Å². The quantitative estimate of drug-likeness (QED) is 0.743. The monoisotopic (exact) mass is 205 g/mol. The van der Waals surface area contributed by atoms with Gasteiger partial charge in [0.1, 0.15) is 5.75 Å². The van der Waals surface area contributed by atoms with Gasteiger partial charge < -0.3 is 9.57 Å². The van der Waals surface area contributed by atoms with Crippen LogP contribution in [0.5, 0.6) is 5.75 Å². The van der Waals surface area contributed by atoms with Gasteiger partial charge in [-0.15, -0.1) is 0 Å². The highest BCUT2D eigenvalue weighted by atomic mass is 16.6. The lowest BCUT2D eigenvalue weighted by molar-refractivity contribution is 0.0832. The lowest BCUT2D eigenvalue weighted by Gasteiger charge is -2.15. The van der Waals surface area contributed by atoms with Crippen molar-refractivity contribution in [2.45, 2.75) is 26.4 Å². The highest BCUT2D eigenvalue weighted by Gasteiger charge is 2.24. The molecule has 1 aromatic rings. The van der Waals surface area contributed by atoms with Crippen LogP contribution in [0.25, 0.3) is 0 Å². The summed E-state index contributed by atoms with van der Waals surface area (Å²) in [7, 11) is 1.68. The van der Waals surface area contributed by atoms with Crippen molar-refractivity contribution in [3.8, 4) is 5.75 Å². The number of hydrogen-bond acceptors (Lipinski definition) is 3. The average molecular weight is 205 g/mol. The molecule has 0 radical (unpaired) electrons. The van der Waals surface area contributed by atoms with Crippen LogP contribution in [-0.2, 0) is 4.84 Å². The first kappa shape index (κ1) is 10.0. The third kappa shape index (κ3) is 1.82. The fourth-order valence-electron chi connectivity index (χ4n) is 1.90. The molecular weight excluding hydrogens is 190 g/mol. The van der Waals surface area contributed by atoms with Gasteiger partial charge in [-0.05, 0) is 25.5 Å². The van der Waals surface area contributed by atoms with Gasteiger partial charge in [-0.2, -0.15) is 0 Å². The predicted molar refractivity (Wildman–Crippen MR) is 59.3 cm³/mol. The Morgan fingerprint density at radius 3 is 2.80 bits per heavy atom. The topological polar surface area (TPSA) is 30.8 Å². The van der Waals surface area contributed by atoms with E-state index in [9.17, 15) is 0 Å². The van der Waals surface area contributed by atoms with Gasteiger partial charge >= 0.3 is 0 Å². The molecule has 0 amide bonds. The van der Waals surface area contributed by atoms with E-state index in [0.717, 1.165) is 23.4 Å². The number of ether oxygens (including phenoxy) is 1. The molecule has 0 N–H and O–H groups in total. The van der Waals surface area contributed by atoms with Gasteiger partial charge in [0.25, 0.3) is 0 Å². The number of hydrogen-bond donors (Lipinski definition) is 0. The lowest BCUT2D eigenvalue weighted by Crippen LogP contribution is -2.03. The minimum absolute atomic E-state index is 0.0150. The average Bonchev–Trinajstić information content (AvgIpc) is 2.64. The molecule has 3 heteroatoms. The molecule has 0 saturated carbocycles. The van der Waals surface area contributed by atoms with E-state index in [4.69, 9.17) is 9.57 Å². The Hall–Kier alpha value is -1.51. The molecule has 1 aliphatic heterocycles. The van der Waals surface area contributed by atoms with Crippen LogP contribution in [0.2, 0.25) is 0 Å². The van der Waals surface area contributed by atoms with Crippen LogP contribution in [-0.4, -0.2) is 12.8 Å². The standard InChI is InChI=1S/C12H15NO2/c1-8-5-4-6-10(14-3)12(8)11-7-9(2)13-15-11/h4-6,11H,7H2,1-3H3. The normalized spacial score (nSPS) is 19.7. The zero-order chi connectivity index (χ0) is 10.8. The second-order valence-corrected chi connectivity index (χ2v) is 3.82. The van der Waals surface area contributed by atoms with Gasteiger partial charge in [0.15, 0.2) is 6.10 Å². The third-order valence-electron chi connectivity index (χ3n) is 2.64. The minimum Gasteiger partial charge on any atom is -0.496 e. The summed E-state index contributed by atoms with van der Waals surface area (Å²) in [5.41, 5.74) is 3.33. The SMILES string of the molecule is COc1cccc(C)c1C1CC(C)=NO1. The highest BCUT2D eigenvalue weighted by Crippen LogP contribution is 2.35. The molecule has 80 valence electrons. The van der Waals surface area contributed by atoms with Gasteiger partial charge in [0, 0.05) is 12.0 Å². The van der Waals surface area contributed by atoms with Crippen molar-refractivity contribution in [3.63, 3.8) is 0 Å². The Morgan fingerprint density at radius 1 is 1.40 bits per heavy atom. The maximum absolute atomic E-state index is 5.38. The molecule has 1 atom stereocenters. The van der Waals surface area contributed by atoms with E-state index >= 15 is 0 Å². The van der Waals surface area contributed by atoms with Gasteiger partial charge in [-0.25, -0.2) is 0 Å². The van der Waals surface area contributed by atoms with E-state index in [1.165, 1.54) is 5.56 Å². The highest BCUT2D eigenvalue weighted by molar-refractivity contribution is 5.83. The van der Waals surface area contributed by atoms with Gasteiger partial charge in [-0.3, -0.25) is 0 Å². The Labute approximate surface area is 89.7 Å². The van der Waals surface area contributed by atoms with E-state index in [-0.39, 0.29) is 6.10 Å². The van der Waals surface area contributed by atoms with Gasteiger partial charge in [0.05, 0.1) is 12.8 Å². The fourth-order valence-corrected chi connectivity index (χ4v) is 1.90.